The van der Waals surface area contributed by atoms with Gasteiger partial charge in [-0.15, -0.1) is 0 Å². The number of rotatable bonds is 13. The number of hydrogen-bond acceptors (Lipinski definition) is 8. The maximum Gasteiger partial charge on any atom is 0.203 e. The normalized spacial score (nSPS) is 22.2. The minimum absolute atomic E-state index is 0.285. The van der Waals surface area contributed by atoms with Crippen molar-refractivity contribution in [2.24, 2.45) is 0 Å². The smallest absolute Gasteiger partial charge is 0.203 e. The van der Waals surface area contributed by atoms with Crippen LogP contribution in [0.2, 0.25) is 0 Å². The molecular formula is C37H40O8. The Hall–Kier alpha value is -3.92. The average Bonchev–Trinajstić information content (AvgIpc) is 3.10. The van der Waals surface area contributed by atoms with E-state index in [9.17, 15) is 0 Å². The molecule has 8 nitrogen and oxygen atoms in total. The lowest BCUT2D eigenvalue weighted by Crippen LogP contribution is -2.59. The summed E-state index contributed by atoms with van der Waals surface area (Å²) in [6, 6.07) is 32.2. The van der Waals surface area contributed by atoms with Crippen molar-refractivity contribution in [2.45, 2.75) is 56.9 Å². The molecule has 45 heavy (non-hydrogen) atoms. The summed E-state index contributed by atoms with van der Waals surface area (Å²) in [4.78, 5) is 0. The number of benzene rings is 4. The average molecular weight is 613 g/mol. The highest BCUT2D eigenvalue weighted by atomic mass is 16.6. The van der Waals surface area contributed by atoms with E-state index in [1.165, 1.54) is 0 Å². The molecule has 0 N–H and O–H groups in total. The van der Waals surface area contributed by atoms with Crippen molar-refractivity contribution in [3.8, 4) is 17.2 Å². The molecule has 6 rings (SSSR count). The fraction of sp³-hybridized carbons (Fsp3) is 0.351. The van der Waals surface area contributed by atoms with Gasteiger partial charge in [0, 0.05) is 5.56 Å². The van der Waals surface area contributed by atoms with Crippen LogP contribution in [0.1, 0.15) is 33.9 Å². The van der Waals surface area contributed by atoms with Gasteiger partial charge in [-0.25, -0.2) is 0 Å². The van der Waals surface area contributed by atoms with Gasteiger partial charge in [0.1, 0.15) is 30.5 Å². The van der Waals surface area contributed by atoms with Crippen LogP contribution in [0.3, 0.4) is 0 Å². The predicted octanol–water partition coefficient (Wildman–Crippen LogP) is 6.44. The summed E-state index contributed by atoms with van der Waals surface area (Å²) in [5.74, 6) is 1.62. The van der Waals surface area contributed by atoms with Gasteiger partial charge in [0.15, 0.2) is 11.5 Å². The minimum Gasteiger partial charge on any atom is -0.493 e. The minimum atomic E-state index is -0.536. The van der Waals surface area contributed by atoms with Crippen LogP contribution in [0.15, 0.2) is 97.1 Å². The van der Waals surface area contributed by atoms with Gasteiger partial charge in [-0.1, -0.05) is 91.0 Å². The molecule has 4 aromatic carbocycles. The van der Waals surface area contributed by atoms with Crippen LogP contribution in [-0.2, 0) is 50.1 Å². The van der Waals surface area contributed by atoms with E-state index in [0.29, 0.717) is 43.7 Å². The maximum atomic E-state index is 6.92. The van der Waals surface area contributed by atoms with Crippen LogP contribution in [0, 0.1) is 0 Å². The molecule has 1 fully saturated rings. The molecule has 0 amide bonds. The first kappa shape index (κ1) is 31.1. The fourth-order valence-corrected chi connectivity index (χ4v) is 6.10. The summed E-state index contributed by atoms with van der Waals surface area (Å²) < 4.78 is 50.5. The van der Waals surface area contributed by atoms with Gasteiger partial charge in [-0.3, -0.25) is 0 Å². The molecule has 0 bridgehead atoms. The zero-order valence-corrected chi connectivity index (χ0v) is 25.9. The van der Waals surface area contributed by atoms with Gasteiger partial charge in [-0.05, 0) is 28.3 Å². The molecule has 0 aliphatic carbocycles. The Morgan fingerprint density at radius 1 is 0.644 bits per heavy atom. The lowest BCUT2D eigenvalue weighted by molar-refractivity contribution is -0.280. The van der Waals surface area contributed by atoms with E-state index < -0.39 is 30.5 Å². The van der Waals surface area contributed by atoms with Crippen LogP contribution < -0.4 is 14.2 Å². The lowest BCUT2D eigenvalue weighted by atomic mass is 9.86. The molecular weight excluding hydrogens is 572 g/mol. The lowest BCUT2D eigenvalue weighted by Gasteiger charge is -2.48. The highest BCUT2D eigenvalue weighted by Gasteiger charge is 2.52. The third kappa shape index (κ3) is 7.01. The van der Waals surface area contributed by atoms with Gasteiger partial charge < -0.3 is 37.9 Å². The van der Waals surface area contributed by atoms with Crippen molar-refractivity contribution in [3.63, 3.8) is 0 Å². The second-order valence-corrected chi connectivity index (χ2v) is 11.1. The summed E-state index contributed by atoms with van der Waals surface area (Å²) in [6.45, 7) is 1.82. The van der Waals surface area contributed by atoms with E-state index in [1.54, 1.807) is 21.3 Å². The molecule has 0 aromatic heterocycles. The van der Waals surface area contributed by atoms with Crippen molar-refractivity contribution in [1.29, 1.82) is 0 Å². The van der Waals surface area contributed by atoms with Crippen molar-refractivity contribution in [3.05, 3.63) is 125 Å². The number of ether oxygens (including phenoxy) is 8. The van der Waals surface area contributed by atoms with Crippen LogP contribution in [0.25, 0.3) is 0 Å². The van der Waals surface area contributed by atoms with Gasteiger partial charge in [0.25, 0.3) is 0 Å². The van der Waals surface area contributed by atoms with E-state index >= 15 is 0 Å². The predicted molar refractivity (Wildman–Crippen MR) is 168 cm³/mol. The molecule has 236 valence electrons. The highest BCUT2D eigenvalue weighted by Crippen LogP contribution is 2.51. The van der Waals surface area contributed by atoms with Crippen molar-refractivity contribution in [2.75, 3.05) is 27.9 Å². The van der Waals surface area contributed by atoms with E-state index in [1.807, 2.05) is 97.1 Å². The summed E-state index contributed by atoms with van der Waals surface area (Å²) in [6.07, 6.45) is -2.47. The third-order valence-electron chi connectivity index (χ3n) is 8.27. The number of methoxy groups -OCH3 is 3. The van der Waals surface area contributed by atoms with E-state index in [4.69, 9.17) is 37.9 Å². The van der Waals surface area contributed by atoms with Crippen LogP contribution in [0.4, 0.5) is 0 Å². The standard InChI is InChI=1S/C37H40O8/c1-38-29-19-28-23-44-37-35(31(28)34(40-3)32(29)39-2)45-30(24-41-20-25-13-7-4-8-14-25)33(42-21-26-15-9-5-10-16-26)36(37)43-22-27-17-11-6-12-18-27/h4-19,30,33,35-37H,20-24H2,1-3H3/t30-,33-,35-,36+,37-/m1/s1. The molecule has 2 heterocycles. The molecule has 2 aliphatic rings. The monoisotopic (exact) mass is 612 g/mol. The molecule has 0 saturated carbocycles. The van der Waals surface area contributed by atoms with Gasteiger partial charge in [0.05, 0.1) is 54.4 Å². The quantitative estimate of drug-likeness (QED) is 0.171. The fourth-order valence-electron chi connectivity index (χ4n) is 6.10. The number of hydrogen-bond donors (Lipinski definition) is 0. The first-order valence-electron chi connectivity index (χ1n) is 15.2. The Balaban J connectivity index is 1.36. The third-order valence-corrected chi connectivity index (χ3v) is 8.27. The Labute approximate surface area is 264 Å². The first-order chi connectivity index (χ1) is 22.2. The molecule has 5 atom stereocenters. The van der Waals surface area contributed by atoms with Crippen molar-refractivity contribution < 1.29 is 37.9 Å². The second-order valence-electron chi connectivity index (χ2n) is 11.1. The molecule has 4 aromatic rings. The van der Waals surface area contributed by atoms with Crippen molar-refractivity contribution in [1.82, 2.24) is 0 Å². The first-order valence-corrected chi connectivity index (χ1v) is 15.2. The largest absolute Gasteiger partial charge is 0.493 e. The molecule has 0 spiro atoms. The zero-order valence-electron chi connectivity index (χ0n) is 25.9. The molecule has 0 unspecified atom stereocenters. The van der Waals surface area contributed by atoms with Crippen LogP contribution >= 0.6 is 0 Å². The molecule has 8 heteroatoms. The van der Waals surface area contributed by atoms with Crippen LogP contribution in [0.5, 0.6) is 17.2 Å². The summed E-state index contributed by atoms with van der Waals surface area (Å²) in [5.41, 5.74) is 4.95. The molecule has 2 aliphatic heterocycles. The number of fused-ring (bicyclic) bond motifs is 3. The molecule has 0 radical (unpaired) electrons. The van der Waals surface area contributed by atoms with Gasteiger partial charge >= 0.3 is 0 Å². The SMILES string of the molecule is COc1cc2c(c(OC)c1OC)[C@H]1O[C@H](COCc3ccccc3)[C@@H](OCc3ccccc3)[C@H](OCc3ccccc3)[C@@H]1OC2. The summed E-state index contributed by atoms with van der Waals surface area (Å²) in [5, 5.41) is 0. The van der Waals surface area contributed by atoms with E-state index in [0.717, 1.165) is 27.8 Å². The Bertz CT molecular complexity index is 1500. The second kappa shape index (κ2) is 14.9. The zero-order chi connectivity index (χ0) is 31.0. The Kier molecular flexibility index (Phi) is 10.3. The van der Waals surface area contributed by atoms with Gasteiger partial charge in [0.2, 0.25) is 5.75 Å². The summed E-state index contributed by atoms with van der Waals surface area (Å²) in [7, 11) is 4.83. The highest BCUT2D eigenvalue weighted by molar-refractivity contribution is 5.60. The van der Waals surface area contributed by atoms with Gasteiger partial charge in [-0.2, -0.15) is 0 Å². The maximum absolute atomic E-state index is 6.92. The topological polar surface area (TPSA) is 73.8 Å². The van der Waals surface area contributed by atoms with E-state index in [2.05, 4.69) is 0 Å². The summed E-state index contributed by atoms with van der Waals surface area (Å²) >= 11 is 0. The van der Waals surface area contributed by atoms with Crippen molar-refractivity contribution >= 4 is 0 Å². The molecule has 1 saturated heterocycles. The van der Waals surface area contributed by atoms with Crippen LogP contribution in [-0.4, -0.2) is 52.4 Å². The Morgan fingerprint density at radius 2 is 1.20 bits per heavy atom. The van der Waals surface area contributed by atoms with E-state index in [-0.39, 0.29) is 6.61 Å². The Morgan fingerprint density at radius 3 is 1.76 bits per heavy atom.